The van der Waals surface area contributed by atoms with E-state index in [1.807, 2.05) is 0 Å². The van der Waals surface area contributed by atoms with Crippen LogP contribution < -0.4 is 5.32 Å². The SMILES string of the molecule is C/C=C\CCNCCC. The number of rotatable bonds is 5. The Bertz CT molecular complexity index is 67.0. The van der Waals surface area contributed by atoms with Gasteiger partial charge in [0.1, 0.15) is 0 Å². The van der Waals surface area contributed by atoms with Gasteiger partial charge in [-0.2, -0.15) is 0 Å². The third-order valence-electron chi connectivity index (χ3n) is 1.15. The molecule has 1 nitrogen and oxygen atoms in total. The maximum absolute atomic E-state index is 3.32. The van der Waals surface area contributed by atoms with Gasteiger partial charge in [0.2, 0.25) is 0 Å². The quantitative estimate of drug-likeness (QED) is 0.439. The van der Waals surface area contributed by atoms with E-state index in [2.05, 4.69) is 31.3 Å². The van der Waals surface area contributed by atoms with Gasteiger partial charge in [-0.1, -0.05) is 19.1 Å². The topological polar surface area (TPSA) is 12.0 Å². The lowest BCUT2D eigenvalue weighted by Gasteiger charge is -1.96. The van der Waals surface area contributed by atoms with Crippen LogP contribution in [0.2, 0.25) is 0 Å². The van der Waals surface area contributed by atoms with E-state index in [-0.39, 0.29) is 0 Å². The number of allylic oxidation sites excluding steroid dienone is 1. The van der Waals surface area contributed by atoms with Crippen LogP contribution in [-0.2, 0) is 0 Å². The predicted octanol–water partition coefficient (Wildman–Crippen LogP) is 1.95. The molecule has 0 aliphatic rings. The summed E-state index contributed by atoms with van der Waals surface area (Å²) in [7, 11) is 0. The zero-order chi connectivity index (χ0) is 6.95. The second-order valence-electron chi connectivity index (χ2n) is 2.11. The summed E-state index contributed by atoms with van der Waals surface area (Å²) in [6.07, 6.45) is 6.67. The van der Waals surface area contributed by atoms with Crippen LogP contribution in [0.1, 0.15) is 26.7 Å². The first-order valence-electron chi connectivity index (χ1n) is 3.73. The van der Waals surface area contributed by atoms with E-state index in [0.717, 1.165) is 19.5 Å². The molecule has 0 aromatic rings. The van der Waals surface area contributed by atoms with Gasteiger partial charge in [-0.3, -0.25) is 0 Å². The molecule has 0 saturated carbocycles. The van der Waals surface area contributed by atoms with Crippen molar-refractivity contribution in [2.45, 2.75) is 26.7 Å². The van der Waals surface area contributed by atoms with Gasteiger partial charge in [-0.25, -0.2) is 0 Å². The Balaban J connectivity index is 2.75. The van der Waals surface area contributed by atoms with Crippen LogP contribution in [0, 0.1) is 0 Å². The van der Waals surface area contributed by atoms with Gasteiger partial charge in [-0.15, -0.1) is 0 Å². The predicted molar refractivity (Wildman–Crippen MR) is 42.6 cm³/mol. The Hall–Kier alpha value is -0.300. The van der Waals surface area contributed by atoms with Crippen molar-refractivity contribution < 1.29 is 0 Å². The highest BCUT2D eigenvalue weighted by Gasteiger charge is 1.79. The molecule has 0 heterocycles. The summed E-state index contributed by atoms with van der Waals surface area (Å²) in [6.45, 7) is 6.51. The molecule has 0 aromatic heterocycles. The molecular weight excluding hydrogens is 110 g/mol. The van der Waals surface area contributed by atoms with Crippen LogP contribution in [0.4, 0.5) is 0 Å². The minimum Gasteiger partial charge on any atom is -0.316 e. The van der Waals surface area contributed by atoms with Crippen molar-refractivity contribution >= 4 is 0 Å². The third-order valence-corrected chi connectivity index (χ3v) is 1.15. The van der Waals surface area contributed by atoms with Gasteiger partial charge >= 0.3 is 0 Å². The molecule has 0 radical (unpaired) electrons. The van der Waals surface area contributed by atoms with Crippen LogP contribution >= 0.6 is 0 Å². The largest absolute Gasteiger partial charge is 0.316 e. The van der Waals surface area contributed by atoms with Crippen molar-refractivity contribution in [2.75, 3.05) is 13.1 Å². The molecule has 0 amide bonds. The molecule has 0 atom stereocenters. The van der Waals surface area contributed by atoms with Crippen LogP contribution in [0.25, 0.3) is 0 Å². The zero-order valence-electron chi connectivity index (χ0n) is 6.48. The fourth-order valence-corrected chi connectivity index (χ4v) is 0.654. The fraction of sp³-hybridized carbons (Fsp3) is 0.750. The average Bonchev–Trinajstić information content (AvgIpc) is 1.89. The molecule has 0 spiro atoms. The van der Waals surface area contributed by atoms with Crippen molar-refractivity contribution in [1.29, 1.82) is 0 Å². The van der Waals surface area contributed by atoms with Crippen LogP contribution in [0.15, 0.2) is 12.2 Å². The molecule has 0 fully saturated rings. The van der Waals surface area contributed by atoms with E-state index in [9.17, 15) is 0 Å². The summed E-state index contributed by atoms with van der Waals surface area (Å²) in [4.78, 5) is 0. The lowest BCUT2D eigenvalue weighted by atomic mass is 10.4. The average molecular weight is 127 g/mol. The van der Waals surface area contributed by atoms with E-state index < -0.39 is 0 Å². The molecule has 0 aliphatic heterocycles. The molecule has 0 bridgehead atoms. The van der Waals surface area contributed by atoms with E-state index in [1.54, 1.807) is 0 Å². The van der Waals surface area contributed by atoms with Crippen LogP contribution in [-0.4, -0.2) is 13.1 Å². The van der Waals surface area contributed by atoms with Crippen molar-refractivity contribution in [3.05, 3.63) is 12.2 Å². The highest BCUT2D eigenvalue weighted by Crippen LogP contribution is 1.79. The van der Waals surface area contributed by atoms with Crippen molar-refractivity contribution in [1.82, 2.24) is 5.32 Å². The zero-order valence-corrected chi connectivity index (χ0v) is 6.48. The first-order valence-corrected chi connectivity index (χ1v) is 3.73. The molecule has 0 aromatic carbocycles. The monoisotopic (exact) mass is 127 g/mol. The fourth-order valence-electron chi connectivity index (χ4n) is 0.654. The van der Waals surface area contributed by atoms with Crippen molar-refractivity contribution in [2.24, 2.45) is 0 Å². The number of hydrogen-bond acceptors (Lipinski definition) is 1. The van der Waals surface area contributed by atoms with E-state index in [4.69, 9.17) is 0 Å². The summed E-state index contributed by atoms with van der Waals surface area (Å²) < 4.78 is 0. The summed E-state index contributed by atoms with van der Waals surface area (Å²) >= 11 is 0. The number of nitrogens with one attached hydrogen (secondary N) is 1. The second-order valence-corrected chi connectivity index (χ2v) is 2.11. The minimum absolute atomic E-state index is 1.12. The van der Waals surface area contributed by atoms with Crippen LogP contribution in [0.5, 0.6) is 0 Å². The normalized spacial score (nSPS) is 10.9. The van der Waals surface area contributed by atoms with Gasteiger partial charge in [0.25, 0.3) is 0 Å². The standard InChI is InChI=1S/C8H17N/c1-3-5-6-8-9-7-4-2/h3,5,9H,4,6-8H2,1-2H3/b5-3-. The third kappa shape index (κ3) is 7.70. The molecule has 1 N–H and O–H groups in total. The Morgan fingerprint density at radius 2 is 2.11 bits per heavy atom. The first-order chi connectivity index (χ1) is 4.41. The Kier molecular flexibility index (Phi) is 7.44. The summed E-state index contributed by atoms with van der Waals surface area (Å²) in [5.74, 6) is 0. The molecule has 0 aliphatic carbocycles. The van der Waals surface area contributed by atoms with Crippen molar-refractivity contribution in [3.63, 3.8) is 0 Å². The van der Waals surface area contributed by atoms with Gasteiger partial charge in [0, 0.05) is 0 Å². The summed E-state index contributed by atoms with van der Waals surface area (Å²) in [5, 5.41) is 3.32. The molecule has 0 saturated heterocycles. The molecule has 0 unspecified atom stereocenters. The maximum atomic E-state index is 3.32. The van der Waals surface area contributed by atoms with Crippen molar-refractivity contribution in [3.8, 4) is 0 Å². The number of hydrogen-bond donors (Lipinski definition) is 1. The molecule has 54 valence electrons. The van der Waals surface area contributed by atoms with E-state index in [1.165, 1.54) is 6.42 Å². The lowest BCUT2D eigenvalue weighted by molar-refractivity contribution is 0.678. The Morgan fingerprint density at radius 1 is 1.33 bits per heavy atom. The van der Waals surface area contributed by atoms with Gasteiger partial charge in [0.05, 0.1) is 0 Å². The van der Waals surface area contributed by atoms with Crippen LogP contribution in [0.3, 0.4) is 0 Å². The van der Waals surface area contributed by atoms with E-state index in [0.29, 0.717) is 0 Å². The van der Waals surface area contributed by atoms with E-state index >= 15 is 0 Å². The molecule has 0 rings (SSSR count). The minimum atomic E-state index is 1.12. The summed E-state index contributed by atoms with van der Waals surface area (Å²) in [5.41, 5.74) is 0. The Morgan fingerprint density at radius 3 is 2.67 bits per heavy atom. The lowest BCUT2D eigenvalue weighted by Crippen LogP contribution is -2.14. The maximum Gasteiger partial charge on any atom is -0.00143 e. The first kappa shape index (κ1) is 8.70. The van der Waals surface area contributed by atoms with Gasteiger partial charge in [-0.05, 0) is 32.9 Å². The Labute approximate surface area is 58.2 Å². The molecule has 1 heteroatoms. The van der Waals surface area contributed by atoms with Gasteiger partial charge in [0.15, 0.2) is 0 Å². The second kappa shape index (κ2) is 7.70. The highest BCUT2D eigenvalue weighted by atomic mass is 14.8. The smallest absolute Gasteiger partial charge is 0.00143 e. The summed E-state index contributed by atoms with van der Waals surface area (Å²) in [6, 6.07) is 0. The molecular formula is C8H17N. The highest BCUT2D eigenvalue weighted by molar-refractivity contribution is 4.77. The van der Waals surface area contributed by atoms with Gasteiger partial charge < -0.3 is 5.32 Å². The molecule has 9 heavy (non-hydrogen) atoms.